The summed E-state index contributed by atoms with van der Waals surface area (Å²) < 4.78 is 281. The summed E-state index contributed by atoms with van der Waals surface area (Å²) in [5, 5.41) is 0. The second-order valence-electron chi connectivity index (χ2n) is 8.80. The van der Waals surface area contributed by atoms with Crippen molar-refractivity contribution in [3.63, 3.8) is 0 Å². The Morgan fingerprint density at radius 3 is 0.370 bits per heavy atom. The molecule has 0 bridgehead atoms. The molecule has 0 aliphatic carbocycles. The predicted octanol–water partition coefficient (Wildman–Crippen LogP) is 2.31. The normalized spacial score (nSPS) is 11.7. The number of hydrogen-bond donors (Lipinski definition) is 0. The third kappa shape index (κ3) is 4.75. The second kappa shape index (κ2) is 12.5. The quantitative estimate of drug-likeness (QED) is 0.0974. The van der Waals surface area contributed by atoms with Crippen LogP contribution in [-0.2, 0) is 0 Å². The van der Waals surface area contributed by atoms with Gasteiger partial charge < -0.3 is 0 Å². The maximum Gasteiger partial charge on any atom is 0.235 e. The van der Waals surface area contributed by atoms with Crippen molar-refractivity contribution in [3.8, 4) is 0 Å². The summed E-state index contributed by atoms with van der Waals surface area (Å²) in [7, 11) is 0. The van der Waals surface area contributed by atoms with Gasteiger partial charge in [-0.1, -0.05) is 0 Å². The van der Waals surface area contributed by atoms with E-state index >= 15 is 35.1 Å². The van der Waals surface area contributed by atoms with Crippen LogP contribution >= 0.6 is 0 Å². The summed E-state index contributed by atoms with van der Waals surface area (Å²) in [6.07, 6.45) is 0. The summed E-state index contributed by atoms with van der Waals surface area (Å²) in [5.74, 6) is -70.5. The van der Waals surface area contributed by atoms with Crippen LogP contribution in [0, 0.1) is 116 Å². The minimum absolute atomic E-state index is 0. The molecule has 0 fully saturated rings. The average Bonchev–Trinajstić information content (AvgIpc) is 3.00. The number of halogens is 21. The summed E-state index contributed by atoms with van der Waals surface area (Å²) in [6.45, 7) is 0. The van der Waals surface area contributed by atoms with Crippen molar-refractivity contribution in [2.45, 2.75) is 0 Å². The second-order valence-corrected chi connectivity index (χ2v) is 17.3. The number of benzene rings is 4. The Kier molecular flexibility index (Phi) is 10.1. The van der Waals surface area contributed by atoms with E-state index in [-0.39, 0.29) is 24.0 Å². The van der Waals surface area contributed by atoms with E-state index in [0.717, 1.165) is 0 Å². The molecule has 4 aromatic carbocycles. The Bertz CT molecular complexity index is 1580. The van der Waals surface area contributed by atoms with E-state index in [0.29, 0.717) is 0 Å². The average molecular weight is 867 g/mol. The molecule has 0 aromatic heterocycles. The van der Waals surface area contributed by atoms with Gasteiger partial charge in [-0.2, -0.15) is 0 Å². The van der Waals surface area contributed by atoms with Crippen LogP contribution in [0.3, 0.4) is 0 Å². The van der Waals surface area contributed by atoms with Gasteiger partial charge in [0.1, 0.15) is 0 Å². The predicted molar refractivity (Wildman–Crippen MR) is 112 cm³/mol. The van der Waals surface area contributed by atoms with E-state index in [1.165, 1.54) is 0 Å². The number of rotatable bonds is 4. The van der Waals surface area contributed by atoms with Crippen LogP contribution in [0.15, 0.2) is 0 Å². The van der Waals surface area contributed by atoms with Gasteiger partial charge in [0.2, 0.25) is 24.0 Å². The third-order valence-corrected chi connectivity index (χ3v) is 18.2. The molecule has 0 N–H and O–H groups in total. The van der Waals surface area contributed by atoms with Crippen LogP contribution < -0.4 is 40.4 Å². The summed E-state index contributed by atoms with van der Waals surface area (Å²) >= 11 is -9.74. The Balaban J connectivity index is 0.00000576. The molecule has 0 spiro atoms. The Labute approximate surface area is 259 Å². The molecule has 46 heavy (non-hydrogen) atoms. The maximum atomic E-state index is 15.4. The molecule has 4 rings (SSSR count). The topological polar surface area (TPSA) is 0 Å². The molecule has 0 atom stereocenters. The van der Waals surface area contributed by atoms with Gasteiger partial charge in [-0.25, -0.2) is 0 Å². The Morgan fingerprint density at radius 1 is 0.174 bits per heavy atom. The standard InChI is InChI=1S/4C6F5.Ga.H2I/c4*7-2-1-3(8)5(10)6(11)4(2)9;;/h;;;;;1H2/q;;;;-1;+1. The zero-order valence-corrected chi connectivity index (χ0v) is 25.6. The monoisotopic (exact) mass is 866 g/mol. The van der Waals surface area contributed by atoms with Crippen molar-refractivity contribution in [2.24, 2.45) is 0 Å². The minimum atomic E-state index is -9.74. The molecular weight excluding hydrogens is 865 g/mol. The smallest absolute Gasteiger partial charge is 0.235 e. The van der Waals surface area contributed by atoms with E-state index in [1.807, 2.05) is 0 Å². The van der Waals surface area contributed by atoms with Crippen LogP contribution in [0.25, 0.3) is 0 Å². The molecule has 248 valence electrons. The fourth-order valence-corrected chi connectivity index (χ4v) is 17.0. The van der Waals surface area contributed by atoms with Gasteiger partial charge in [0, 0.05) is 0 Å². The van der Waals surface area contributed by atoms with Gasteiger partial charge in [-0.05, 0) is 0 Å². The largest absolute Gasteiger partial charge is 0.235 e. The maximum absolute atomic E-state index is 15.4. The molecule has 4 aromatic rings. The zero-order chi connectivity index (χ0) is 34.4. The van der Waals surface area contributed by atoms with E-state index in [1.54, 1.807) is 0 Å². The van der Waals surface area contributed by atoms with Crippen molar-refractivity contribution >= 4 is 31.5 Å². The summed E-state index contributed by atoms with van der Waals surface area (Å²) in [5.41, 5.74) is 0. The SMILES string of the molecule is Fc1c(F)c(F)[c]([Ga-]([c]2c(F)c(F)c(F)c(F)c2F)([c]2c(F)c(F)c(F)c(F)c2F)[c]2c(F)c(F)c(F)c(F)c2F)c(F)c1F.[IH2+]. The van der Waals surface area contributed by atoms with E-state index < -0.39 is 148 Å². The van der Waals surface area contributed by atoms with Gasteiger partial charge >= 0.3 is 236 Å². The van der Waals surface area contributed by atoms with Crippen LogP contribution in [0.2, 0.25) is 0 Å². The van der Waals surface area contributed by atoms with E-state index in [9.17, 15) is 52.7 Å². The molecule has 0 radical (unpaired) electrons. The molecule has 0 unspecified atom stereocenters. The first kappa shape index (κ1) is 37.3. The van der Waals surface area contributed by atoms with Gasteiger partial charge in [0.05, 0.1) is 0 Å². The van der Waals surface area contributed by atoms with Crippen LogP contribution in [0.5, 0.6) is 0 Å². The molecule has 0 amide bonds. The van der Waals surface area contributed by atoms with E-state index in [4.69, 9.17) is 0 Å². The van der Waals surface area contributed by atoms with Gasteiger partial charge in [-0.15, -0.1) is 0 Å². The Hall–Kier alpha value is -3.15. The molecule has 0 saturated heterocycles. The zero-order valence-electron chi connectivity index (χ0n) is 20.6. The van der Waals surface area contributed by atoms with E-state index in [2.05, 4.69) is 0 Å². The number of hydrogen-bond acceptors (Lipinski definition) is 0. The van der Waals surface area contributed by atoms with Crippen molar-refractivity contribution in [1.29, 1.82) is 0 Å². The van der Waals surface area contributed by atoms with Crippen molar-refractivity contribution < 1.29 is 112 Å². The first-order valence-corrected chi connectivity index (χ1v) is 15.8. The molecule has 0 aliphatic heterocycles. The Morgan fingerprint density at radius 2 is 0.261 bits per heavy atom. The molecular formula is C24H2F20GaI. The molecule has 0 nitrogen and oxygen atoms in total. The van der Waals surface area contributed by atoms with Gasteiger partial charge in [0.15, 0.2) is 0 Å². The first-order chi connectivity index (χ1) is 20.7. The molecule has 0 aliphatic rings. The summed E-state index contributed by atoms with van der Waals surface area (Å²) in [4.78, 5) is 0. The molecule has 0 saturated carbocycles. The third-order valence-electron chi connectivity index (χ3n) is 6.71. The van der Waals surface area contributed by atoms with Crippen molar-refractivity contribution in [1.82, 2.24) is 0 Å². The molecule has 0 heterocycles. The van der Waals surface area contributed by atoms with Crippen molar-refractivity contribution in [2.75, 3.05) is 0 Å². The van der Waals surface area contributed by atoms with Crippen molar-refractivity contribution in [3.05, 3.63) is 116 Å². The van der Waals surface area contributed by atoms with Crippen LogP contribution in [0.1, 0.15) is 0 Å². The molecule has 22 heteroatoms. The van der Waals surface area contributed by atoms with Crippen LogP contribution in [0.4, 0.5) is 87.8 Å². The van der Waals surface area contributed by atoms with Gasteiger partial charge in [0.25, 0.3) is 0 Å². The van der Waals surface area contributed by atoms with Gasteiger partial charge in [-0.3, -0.25) is 0 Å². The summed E-state index contributed by atoms with van der Waals surface area (Å²) in [6, 6.07) is 0. The van der Waals surface area contributed by atoms with Crippen LogP contribution in [-0.4, -0.2) is 15.0 Å². The fourth-order valence-electron chi connectivity index (χ4n) is 4.87. The fraction of sp³-hybridized carbons (Fsp3) is 0. The minimum Gasteiger partial charge on any atom is 0.235 e. The first-order valence-electron chi connectivity index (χ1n) is 10.9.